The number of halogens is 1. The van der Waals surface area contributed by atoms with Gasteiger partial charge in [0.05, 0.1) is 6.42 Å². The summed E-state index contributed by atoms with van der Waals surface area (Å²) in [5.74, 6) is 5.07. The summed E-state index contributed by atoms with van der Waals surface area (Å²) in [6.45, 7) is 3.27. The van der Waals surface area contributed by atoms with E-state index in [1.165, 1.54) is 6.07 Å². The largest absolute Gasteiger partial charge is 0.481 e. The van der Waals surface area contributed by atoms with Crippen molar-refractivity contribution in [1.82, 2.24) is 5.16 Å². The molecule has 37 heavy (non-hydrogen) atoms. The summed E-state index contributed by atoms with van der Waals surface area (Å²) >= 11 is 0. The molecule has 0 saturated carbocycles. The predicted octanol–water partition coefficient (Wildman–Crippen LogP) is 6.13. The molecule has 2 N–H and O–H groups in total. The molecule has 0 aliphatic rings. The number of carboxylic acid groups (broad SMARTS) is 1. The lowest BCUT2D eigenvalue weighted by Gasteiger charge is -2.15. The Morgan fingerprint density at radius 3 is 2.51 bits per heavy atom. The number of benzene rings is 3. The summed E-state index contributed by atoms with van der Waals surface area (Å²) in [4.78, 5) is 23.4. The van der Waals surface area contributed by atoms with Gasteiger partial charge >= 0.3 is 12.1 Å². The standard InChI is InChI=1S/C29H23FN2O5/c1-18-27(31-29(35)36-19(2)24-8-3-4-9-25(24)30)28(37-32-18)23-14-12-20(13-15-23)10-11-21-6-5-7-22(16-21)17-26(33)34/h3-9,12-16,19H,17H2,1-2H3,(H,31,35)(H,33,34). The minimum Gasteiger partial charge on any atom is -0.481 e. The van der Waals surface area contributed by atoms with E-state index in [2.05, 4.69) is 22.3 Å². The molecule has 8 heteroatoms. The summed E-state index contributed by atoms with van der Waals surface area (Å²) in [5, 5.41) is 15.6. The molecule has 0 saturated heterocycles. The maximum atomic E-state index is 14.0. The second-order valence-electron chi connectivity index (χ2n) is 8.26. The zero-order valence-electron chi connectivity index (χ0n) is 20.1. The molecule has 1 aromatic heterocycles. The number of carbonyl (C=O) groups excluding carboxylic acids is 1. The van der Waals surface area contributed by atoms with E-state index in [0.29, 0.717) is 33.8 Å². The van der Waals surface area contributed by atoms with Gasteiger partial charge in [-0.25, -0.2) is 9.18 Å². The highest BCUT2D eigenvalue weighted by Crippen LogP contribution is 2.31. The maximum Gasteiger partial charge on any atom is 0.412 e. The molecule has 0 aliphatic heterocycles. The van der Waals surface area contributed by atoms with Gasteiger partial charge in [0.15, 0.2) is 5.76 Å². The molecule has 1 amide bonds. The van der Waals surface area contributed by atoms with Crippen molar-refractivity contribution in [3.8, 4) is 23.2 Å². The molecule has 0 spiro atoms. The molecule has 0 bridgehead atoms. The van der Waals surface area contributed by atoms with E-state index in [0.717, 1.165) is 5.56 Å². The molecule has 4 rings (SSSR count). The number of ether oxygens (including phenoxy) is 1. The second-order valence-corrected chi connectivity index (χ2v) is 8.26. The molecule has 4 aromatic rings. The zero-order valence-corrected chi connectivity index (χ0v) is 20.1. The molecule has 0 radical (unpaired) electrons. The van der Waals surface area contributed by atoms with Crippen LogP contribution < -0.4 is 5.32 Å². The summed E-state index contributed by atoms with van der Waals surface area (Å²) in [6.07, 6.45) is -1.63. The van der Waals surface area contributed by atoms with Crippen LogP contribution in [0.4, 0.5) is 14.9 Å². The Morgan fingerprint density at radius 2 is 1.78 bits per heavy atom. The smallest absolute Gasteiger partial charge is 0.412 e. The molecule has 1 atom stereocenters. The van der Waals surface area contributed by atoms with Crippen LogP contribution in [0.25, 0.3) is 11.3 Å². The predicted molar refractivity (Wildman–Crippen MR) is 135 cm³/mol. The first-order valence-corrected chi connectivity index (χ1v) is 11.4. The van der Waals surface area contributed by atoms with E-state index in [-0.39, 0.29) is 12.0 Å². The number of aliphatic carboxylic acids is 1. The fourth-order valence-corrected chi connectivity index (χ4v) is 3.66. The van der Waals surface area contributed by atoms with Gasteiger partial charge in [-0.1, -0.05) is 47.3 Å². The van der Waals surface area contributed by atoms with Gasteiger partial charge in [-0.3, -0.25) is 10.1 Å². The lowest BCUT2D eigenvalue weighted by atomic mass is 10.1. The Morgan fingerprint density at radius 1 is 1.05 bits per heavy atom. The third kappa shape index (κ3) is 6.41. The van der Waals surface area contributed by atoms with Gasteiger partial charge < -0.3 is 14.4 Å². The van der Waals surface area contributed by atoms with Crippen LogP contribution in [0, 0.1) is 24.6 Å². The Kier molecular flexibility index (Phi) is 7.65. The van der Waals surface area contributed by atoms with E-state index in [1.807, 2.05) is 6.07 Å². The van der Waals surface area contributed by atoms with Gasteiger partial charge in [0.2, 0.25) is 0 Å². The number of hydrogen-bond donors (Lipinski definition) is 2. The van der Waals surface area contributed by atoms with Gasteiger partial charge in [0.25, 0.3) is 0 Å². The van der Waals surface area contributed by atoms with Gasteiger partial charge in [-0.05, 0) is 61.9 Å². The number of carboxylic acids is 1. The van der Waals surface area contributed by atoms with E-state index in [1.54, 1.807) is 74.5 Å². The fourth-order valence-electron chi connectivity index (χ4n) is 3.66. The number of carbonyl (C=O) groups is 2. The highest BCUT2D eigenvalue weighted by atomic mass is 19.1. The van der Waals surface area contributed by atoms with Crippen LogP contribution in [0.5, 0.6) is 0 Å². The van der Waals surface area contributed by atoms with Crippen molar-refractivity contribution < 1.29 is 28.3 Å². The second kappa shape index (κ2) is 11.2. The van der Waals surface area contributed by atoms with Gasteiger partial charge in [0, 0.05) is 22.3 Å². The first-order valence-electron chi connectivity index (χ1n) is 11.4. The van der Waals surface area contributed by atoms with Crippen LogP contribution >= 0.6 is 0 Å². The third-order valence-electron chi connectivity index (χ3n) is 5.50. The molecule has 3 aromatic carbocycles. The minimum atomic E-state index is -0.898. The van der Waals surface area contributed by atoms with E-state index < -0.39 is 24.0 Å². The maximum absolute atomic E-state index is 14.0. The van der Waals surface area contributed by atoms with E-state index in [4.69, 9.17) is 14.4 Å². The molecule has 7 nitrogen and oxygen atoms in total. The lowest BCUT2D eigenvalue weighted by Crippen LogP contribution is -2.17. The van der Waals surface area contributed by atoms with Crippen LogP contribution in [0.3, 0.4) is 0 Å². The summed E-state index contributed by atoms with van der Waals surface area (Å²) in [5.41, 5.74) is 3.85. The number of anilines is 1. The number of aromatic nitrogens is 1. The Balaban J connectivity index is 1.46. The van der Waals surface area contributed by atoms with E-state index >= 15 is 0 Å². The minimum absolute atomic E-state index is 0.0627. The quantitative estimate of drug-likeness (QED) is 0.310. The topological polar surface area (TPSA) is 102 Å². The average molecular weight is 499 g/mol. The first kappa shape index (κ1) is 25.2. The van der Waals surface area contributed by atoms with Crippen molar-refractivity contribution in [2.75, 3.05) is 5.32 Å². The Bertz CT molecular complexity index is 1500. The fraction of sp³-hybridized carbons (Fsp3) is 0.138. The van der Waals surface area contributed by atoms with Crippen molar-refractivity contribution in [2.45, 2.75) is 26.4 Å². The van der Waals surface area contributed by atoms with Crippen molar-refractivity contribution in [3.05, 3.63) is 107 Å². The SMILES string of the molecule is Cc1noc(-c2ccc(C#Cc3cccc(CC(=O)O)c3)cc2)c1NC(=O)OC(C)c1ccccc1F. The van der Waals surface area contributed by atoms with Crippen molar-refractivity contribution in [1.29, 1.82) is 0 Å². The summed E-state index contributed by atoms with van der Waals surface area (Å²) < 4.78 is 24.8. The molecular formula is C29H23FN2O5. The number of nitrogens with one attached hydrogen (secondary N) is 1. The summed E-state index contributed by atoms with van der Waals surface area (Å²) in [6, 6.07) is 20.3. The average Bonchev–Trinajstić information content (AvgIpc) is 3.22. The van der Waals surface area contributed by atoms with E-state index in [9.17, 15) is 14.0 Å². The Hall–Kier alpha value is -4.90. The number of nitrogens with zero attached hydrogens (tertiary/aromatic N) is 1. The molecule has 0 fully saturated rings. The number of hydrogen-bond acceptors (Lipinski definition) is 5. The van der Waals surface area contributed by atoms with Gasteiger partial charge in [-0.2, -0.15) is 0 Å². The monoisotopic (exact) mass is 498 g/mol. The summed E-state index contributed by atoms with van der Waals surface area (Å²) in [7, 11) is 0. The van der Waals surface area contributed by atoms with Crippen molar-refractivity contribution >= 4 is 17.7 Å². The highest BCUT2D eigenvalue weighted by molar-refractivity contribution is 5.90. The van der Waals surface area contributed by atoms with Crippen LogP contribution in [0.2, 0.25) is 0 Å². The number of aryl methyl sites for hydroxylation is 1. The first-order chi connectivity index (χ1) is 17.8. The van der Waals surface area contributed by atoms with Crippen LogP contribution in [-0.4, -0.2) is 22.3 Å². The number of rotatable bonds is 6. The van der Waals surface area contributed by atoms with Crippen LogP contribution in [0.15, 0.2) is 77.3 Å². The lowest BCUT2D eigenvalue weighted by molar-refractivity contribution is -0.136. The highest BCUT2D eigenvalue weighted by Gasteiger charge is 2.20. The van der Waals surface area contributed by atoms with Crippen LogP contribution in [-0.2, 0) is 16.0 Å². The molecule has 1 heterocycles. The van der Waals surface area contributed by atoms with Crippen molar-refractivity contribution in [3.63, 3.8) is 0 Å². The molecule has 0 aliphatic carbocycles. The molecular weight excluding hydrogens is 475 g/mol. The van der Waals surface area contributed by atoms with Crippen LogP contribution in [0.1, 0.15) is 41.0 Å². The zero-order chi connectivity index (χ0) is 26.4. The van der Waals surface area contributed by atoms with Gasteiger partial charge in [-0.15, -0.1) is 0 Å². The van der Waals surface area contributed by atoms with Gasteiger partial charge in [0.1, 0.15) is 23.3 Å². The van der Waals surface area contributed by atoms with Crippen molar-refractivity contribution in [2.24, 2.45) is 0 Å². The molecule has 186 valence electrons. The normalized spacial score (nSPS) is 11.2. The Labute approximate surface area is 212 Å². The third-order valence-corrected chi connectivity index (χ3v) is 5.50. The number of amides is 1. The molecule has 1 unspecified atom stereocenters.